The topological polar surface area (TPSA) is 67.7 Å². The summed E-state index contributed by atoms with van der Waals surface area (Å²) in [5.74, 6) is -0.262. The summed E-state index contributed by atoms with van der Waals surface area (Å²) < 4.78 is 63.0. The molecule has 0 amide bonds. The summed E-state index contributed by atoms with van der Waals surface area (Å²) in [5.41, 5.74) is 2.43. The number of oxime groups is 1. The third kappa shape index (κ3) is 7.53. The van der Waals surface area contributed by atoms with Gasteiger partial charge < -0.3 is 28.5 Å². The van der Waals surface area contributed by atoms with Crippen LogP contribution in [0.1, 0.15) is 23.6 Å². The molecule has 1 saturated heterocycles. The molecule has 10 heteroatoms. The van der Waals surface area contributed by atoms with Crippen LogP contribution in [0, 0.1) is 0 Å². The van der Waals surface area contributed by atoms with Crippen molar-refractivity contribution in [3.05, 3.63) is 65.2 Å². The average Bonchev–Trinajstić information content (AvgIpc) is 2.83. The van der Waals surface area contributed by atoms with E-state index < -0.39 is 18.8 Å². The maximum Gasteiger partial charge on any atom is 0.573 e. The Morgan fingerprint density at radius 2 is 1.29 bits per heavy atom. The van der Waals surface area contributed by atoms with Gasteiger partial charge in [0.05, 0.1) is 12.3 Å². The number of benzene rings is 2. The van der Waals surface area contributed by atoms with Gasteiger partial charge in [0.2, 0.25) is 0 Å². The zero-order valence-corrected chi connectivity index (χ0v) is 19.8. The predicted molar refractivity (Wildman–Crippen MR) is 124 cm³/mol. The Bertz CT molecular complexity index is 978. The van der Waals surface area contributed by atoms with Crippen LogP contribution in [0.5, 0.6) is 5.75 Å². The zero-order valence-electron chi connectivity index (χ0n) is 19.8. The van der Waals surface area contributed by atoms with Gasteiger partial charge in [-0.15, -0.1) is 13.2 Å². The fourth-order valence-corrected chi connectivity index (χ4v) is 3.72. The number of rotatable bonds is 9. The van der Waals surface area contributed by atoms with Crippen molar-refractivity contribution in [1.82, 2.24) is 0 Å². The van der Waals surface area contributed by atoms with Crippen LogP contribution >= 0.6 is 0 Å². The van der Waals surface area contributed by atoms with E-state index in [1.807, 2.05) is 37.3 Å². The lowest BCUT2D eigenvalue weighted by atomic mass is 9.99. The smallest absolute Gasteiger partial charge is 0.406 e. The molecule has 1 heterocycles. The summed E-state index contributed by atoms with van der Waals surface area (Å²) in [4.78, 5) is 5.55. The molecule has 0 bridgehead atoms. The van der Waals surface area contributed by atoms with Crippen LogP contribution in [0.25, 0.3) is 12.2 Å². The van der Waals surface area contributed by atoms with Crippen LogP contribution in [-0.2, 0) is 23.8 Å². The summed E-state index contributed by atoms with van der Waals surface area (Å²) in [5, 5.41) is 4.04. The molecule has 35 heavy (non-hydrogen) atoms. The van der Waals surface area contributed by atoms with Gasteiger partial charge in [0, 0.05) is 21.3 Å². The van der Waals surface area contributed by atoms with Crippen molar-refractivity contribution >= 4 is 18.4 Å². The minimum Gasteiger partial charge on any atom is -0.406 e. The van der Waals surface area contributed by atoms with E-state index in [9.17, 15) is 13.2 Å². The van der Waals surface area contributed by atoms with Gasteiger partial charge in [-0.3, -0.25) is 0 Å². The molecule has 0 saturated carbocycles. The molecule has 0 radical (unpaired) electrons. The summed E-state index contributed by atoms with van der Waals surface area (Å²) in [7, 11) is 4.71. The Kier molecular flexibility index (Phi) is 9.27. The lowest BCUT2D eigenvalue weighted by Gasteiger charge is -2.42. The molecule has 0 unspecified atom stereocenters. The van der Waals surface area contributed by atoms with Crippen LogP contribution in [0.2, 0.25) is 0 Å². The van der Waals surface area contributed by atoms with Crippen molar-refractivity contribution in [2.45, 2.75) is 44.0 Å². The Morgan fingerprint density at radius 3 is 1.80 bits per heavy atom. The number of hydrogen-bond acceptors (Lipinski definition) is 7. The number of methoxy groups -OCH3 is 3. The zero-order chi connectivity index (χ0) is 25.4. The molecule has 0 N–H and O–H groups in total. The second-order valence-electron chi connectivity index (χ2n) is 7.77. The number of ether oxygens (including phenoxy) is 5. The highest BCUT2D eigenvalue weighted by atomic mass is 19.4. The highest BCUT2D eigenvalue weighted by molar-refractivity contribution is 5.80. The molecule has 0 aliphatic carbocycles. The third-order valence-corrected chi connectivity index (χ3v) is 5.43. The van der Waals surface area contributed by atoms with Crippen molar-refractivity contribution < 1.29 is 41.7 Å². The van der Waals surface area contributed by atoms with Crippen molar-refractivity contribution in [3.8, 4) is 5.75 Å². The van der Waals surface area contributed by atoms with E-state index in [2.05, 4.69) is 9.89 Å². The number of hydrogen-bond donors (Lipinski definition) is 0. The lowest BCUT2D eigenvalue weighted by molar-refractivity contribution is -0.305. The molecule has 0 aromatic heterocycles. The van der Waals surface area contributed by atoms with Crippen LogP contribution in [0.15, 0.2) is 53.7 Å². The quantitative estimate of drug-likeness (QED) is 0.280. The summed E-state index contributed by atoms with van der Waals surface area (Å²) >= 11 is 0. The van der Waals surface area contributed by atoms with Crippen LogP contribution < -0.4 is 4.74 Å². The Balaban J connectivity index is 1.56. The van der Waals surface area contributed by atoms with Crippen molar-refractivity contribution in [2.24, 2.45) is 5.16 Å². The molecule has 1 fully saturated rings. The summed E-state index contributed by atoms with van der Waals surface area (Å²) in [6.07, 6.45) is -1.79. The first-order valence-corrected chi connectivity index (χ1v) is 10.8. The first-order valence-electron chi connectivity index (χ1n) is 10.8. The molecule has 2 aromatic rings. The van der Waals surface area contributed by atoms with Crippen molar-refractivity contribution in [1.29, 1.82) is 0 Å². The SMILES string of the molecule is CO[C@@H]1[C@@H](OC)[C@H](C)O[C@@H](ON=Cc2ccc(/C=C/c3ccc(OC(F)(F)F)cc3)cc2)[C@@H]1OC. The van der Waals surface area contributed by atoms with Gasteiger partial charge in [0.1, 0.15) is 18.0 Å². The largest absolute Gasteiger partial charge is 0.573 e. The predicted octanol–water partition coefficient (Wildman–Crippen LogP) is 4.90. The maximum atomic E-state index is 12.2. The Labute approximate surface area is 202 Å². The van der Waals surface area contributed by atoms with E-state index >= 15 is 0 Å². The standard InChI is InChI=1S/C25H28F3NO6/c1-16-21(30-2)22(31-3)23(32-4)24(33-16)35-29-15-19-9-7-17(8-10-19)5-6-18-11-13-20(14-12-18)34-25(26,27)28/h5-16,21-24H,1-4H3/b6-5+,29-15?/t16-,21-,22+,23+,24-/m0/s1. The lowest BCUT2D eigenvalue weighted by Crippen LogP contribution is -2.59. The molecular weight excluding hydrogens is 467 g/mol. The number of alkyl halides is 3. The fraction of sp³-hybridized carbons (Fsp3) is 0.400. The monoisotopic (exact) mass is 495 g/mol. The second-order valence-corrected chi connectivity index (χ2v) is 7.77. The first kappa shape index (κ1) is 26.7. The van der Waals surface area contributed by atoms with E-state index in [1.54, 1.807) is 45.8 Å². The number of nitrogens with zero attached hydrogens (tertiary/aromatic N) is 1. The van der Waals surface area contributed by atoms with Crippen LogP contribution in [0.3, 0.4) is 0 Å². The van der Waals surface area contributed by atoms with Gasteiger partial charge in [-0.05, 0) is 35.7 Å². The Morgan fingerprint density at radius 1 is 0.771 bits per heavy atom. The fourth-order valence-electron chi connectivity index (χ4n) is 3.72. The van der Waals surface area contributed by atoms with Crippen molar-refractivity contribution in [3.63, 3.8) is 0 Å². The Hall–Kier alpha value is -2.92. The maximum absolute atomic E-state index is 12.2. The normalized spacial score (nSPS) is 25.3. The van der Waals surface area contributed by atoms with Crippen LogP contribution in [0.4, 0.5) is 13.2 Å². The average molecular weight is 495 g/mol. The van der Waals surface area contributed by atoms with Gasteiger partial charge in [-0.1, -0.05) is 53.7 Å². The van der Waals surface area contributed by atoms with Gasteiger partial charge in [-0.2, -0.15) is 0 Å². The molecule has 2 aromatic carbocycles. The van der Waals surface area contributed by atoms with Gasteiger partial charge >= 0.3 is 6.36 Å². The van der Waals surface area contributed by atoms with E-state index in [0.717, 1.165) is 16.7 Å². The minimum absolute atomic E-state index is 0.262. The molecule has 5 atom stereocenters. The van der Waals surface area contributed by atoms with E-state index in [0.29, 0.717) is 0 Å². The van der Waals surface area contributed by atoms with E-state index in [1.165, 1.54) is 12.1 Å². The molecule has 3 rings (SSSR count). The van der Waals surface area contributed by atoms with E-state index in [4.69, 9.17) is 23.8 Å². The van der Waals surface area contributed by atoms with Crippen LogP contribution in [-0.4, -0.2) is 64.6 Å². The molecular formula is C25H28F3NO6. The summed E-state index contributed by atoms with van der Waals surface area (Å²) in [6.45, 7) is 1.86. The third-order valence-electron chi connectivity index (χ3n) is 5.43. The van der Waals surface area contributed by atoms with E-state index in [-0.39, 0.29) is 24.1 Å². The summed E-state index contributed by atoms with van der Waals surface area (Å²) in [6, 6.07) is 13.1. The highest BCUT2D eigenvalue weighted by Gasteiger charge is 2.46. The highest BCUT2D eigenvalue weighted by Crippen LogP contribution is 2.28. The molecule has 1 aliphatic rings. The molecule has 7 nitrogen and oxygen atoms in total. The number of halogens is 3. The van der Waals surface area contributed by atoms with Gasteiger partial charge in [0.15, 0.2) is 6.10 Å². The minimum atomic E-state index is -4.71. The second kappa shape index (κ2) is 12.2. The molecule has 0 spiro atoms. The molecule has 190 valence electrons. The first-order chi connectivity index (χ1) is 16.7. The molecule has 1 aliphatic heterocycles. The van der Waals surface area contributed by atoms with Gasteiger partial charge in [-0.25, -0.2) is 0 Å². The van der Waals surface area contributed by atoms with Crippen molar-refractivity contribution in [2.75, 3.05) is 21.3 Å². The van der Waals surface area contributed by atoms with Gasteiger partial charge in [0.25, 0.3) is 6.29 Å².